The molecule has 2 aromatic heterocycles. The van der Waals surface area contributed by atoms with Crippen molar-refractivity contribution in [3.8, 4) is 22.7 Å². The summed E-state index contributed by atoms with van der Waals surface area (Å²) in [5.41, 5.74) is 1.11. The van der Waals surface area contributed by atoms with Crippen LogP contribution < -0.4 is 0 Å². The molecule has 2 heterocycles. The Labute approximate surface area is 130 Å². The predicted molar refractivity (Wildman–Crippen MR) is 79.9 cm³/mol. The number of furan rings is 1. The quantitative estimate of drug-likeness (QED) is 0.612. The molecule has 1 aromatic carbocycles. The molecule has 106 valence electrons. The molecule has 3 rings (SSSR count). The highest BCUT2D eigenvalue weighted by Gasteiger charge is 2.16. The van der Waals surface area contributed by atoms with Crippen LogP contribution in [0.15, 0.2) is 40.8 Å². The van der Waals surface area contributed by atoms with Crippen LogP contribution in [0.3, 0.4) is 0 Å². The zero-order valence-corrected chi connectivity index (χ0v) is 12.4. The number of nitrogens with zero attached hydrogens (tertiary/aromatic N) is 2. The van der Waals surface area contributed by atoms with Gasteiger partial charge in [-0.3, -0.25) is 0 Å². The fourth-order valence-corrected chi connectivity index (χ4v) is 2.53. The summed E-state index contributed by atoms with van der Waals surface area (Å²) in [4.78, 5) is 8.40. The van der Waals surface area contributed by atoms with Crippen molar-refractivity contribution in [3.63, 3.8) is 0 Å². The Bertz CT molecular complexity index is 777. The van der Waals surface area contributed by atoms with Gasteiger partial charge in [0.15, 0.2) is 11.6 Å². The van der Waals surface area contributed by atoms with Crippen molar-refractivity contribution < 1.29 is 8.81 Å². The minimum Gasteiger partial charge on any atom is -0.458 e. The van der Waals surface area contributed by atoms with Crippen LogP contribution in [0.2, 0.25) is 10.3 Å². The van der Waals surface area contributed by atoms with E-state index >= 15 is 0 Å². The molecule has 3 aromatic rings. The lowest BCUT2D eigenvalue weighted by atomic mass is 10.1. The summed E-state index contributed by atoms with van der Waals surface area (Å²) in [7, 11) is 0. The van der Waals surface area contributed by atoms with E-state index in [0.29, 0.717) is 22.7 Å². The van der Waals surface area contributed by atoms with E-state index in [1.807, 2.05) is 6.92 Å². The molecule has 0 aliphatic heterocycles. The third kappa shape index (κ3) is 2.77. The smallest absolute Gasteiger partial charge is 0.198 e. The molecule has 0 saturated heterocycles. The molecular formula is C15H9Cl2FN2O. The summed E-state index contributed by atoms with van der Waals surface area (Å²) in [6.45, 7) is 1.82. The zero-order chi connectivity index (χ0) is 15.0. The minimum atomic E-state index is -0.338. The second kappa shape index (κ2) is 5.47. The maximum absolute atomic E-state index is 13.0. The number of hydrogen-bond acceptors (Lipinski definition) is 3. The highest BCUT2D eigenvalue weighted by Crippen LogP contribution is 2.34. The first-order valence-electron chi connectivity index (χ1n) is 6.10. The van der Waals surface area contributed by atoms with E-state index in [1.165, 1.54) is 12.1 Å². The van der Waals surface area contributed by atoms with Crippen LogP contribution in [0.1, 0.15) is 5.76 Å². The number of rotatable bonds is 2. The Morgan fingerprint density at radius 1 is 0.952 bits per heavy atom. The molecule has 0 aliphatic carbocycles. The maximum atomic E-state index is 13.0. The van der Waals surface area contributed by atoms with E-state index in [4.69, 9.17) is 27.6 Å². The first kappa shape index (κ1) is 14.0. The van der Waals surface area contributed by atoms with E-state index in [1.54, 1.807) is 24.3 Å². The van der Waals surface area contributed by atoms with E-state index in [-0.39, 0.29) is 16.1 Å². The van der Waals surface area contributed by atoms with E-state index in [2.05, 4.69) is 9.97 Å². The van der Waals surface area contributed by atoms with E-state index in [9.17, 15) is 4.39 Å². The molecule has 0 unspecified atom stereocenters. The standard InChI is InChI=1S/C15H9Cl2FN2O/c1-8-2-7-11(21-8)15-19-13(16)12(14(17)20-15)9-3-5-10(18)6-4-9/h2-7H,1H3. The minimum absolute atomic E-state index is 0.186. The molecule has 0 atom stereocenters. The molecule has 0 N–H and O–H groups in total. The first-order chi connectivity index (χ1) is 10.0. The molecule has 0 saturated carbocycles. The third-order valence-corrected chi connectivity index (χ3v) is 3.46. The van der Waals surface area contributed by atoms with Gasteiger partial charge in [0.05, 0.1) is 5.56 Å². The van der Waals surface area contributed by atoms with Crippen molar-refractivity contribution >= 4 is 23.2 Å². The van der Waals surface area contributed by atoms with Gasteiger partial charge < -0.3 is 4.42 Å². The molecular weight excluding hydrogens is 314 g/mol. The van der Waals surface area contributed by atoms with Gasteiger partial charge in [0.2, 0.25) is 0 Å². The lowest BCUT2D eigenvalue weighted by Crippen LogP contribution is -1.94. The maximum Gasteiger partial charge on any atom is 0.198 e. The highest BCUT2D eigenvalue weighted by atomic mass is 35.5. The van der Waals surface area contributed by atoms with E-state index < -0.39 is 0 Å². The average molecular weight is 323 g/mol. The van der Waals surface area contributed by atoms with Crippen molar-refractivity contribution in [2.24, 2.45) is 0 Å². The topological polar surface area (TPSA) is 38.9 Å². The summed E-state index contributed by atoms with van der Waals surface area (Å²) >= 11 is 12.4. The monoisotopic (exact) mass is 322 g/mol. The Hall–Kier alpha value is -1.91. The second-order valence-electron chi connectivity index (χ2n) is 4.42. The van der Waals surface area contributed by atoms with Gasteiger partial charge >= 0.3 is 0 Å². The van der Waals surface area contributed by atoms with Crippen molar-refractivity contribution in [2.75, 3.05) is 0 Å². The Balaban J connectivity index is 2.10. The summed E-state index contributed by atoms with van der Waals surface area (Å²) in [6, 6.07) is 9.34. The fraction of sp³-hybridized carbons (Fsp3) is 0.0667. The first-order valence-corrected chi connectivity index (χ1v) is 6.86. The second-order valence-corrected chi connectivity index (χ2v) is 5.14. The van der Waals surface area contributed by atoms with Crippen LogP contribution in [-0.2, 0) is 0 Å². The van der Waals surface area contributed by atoms with Crippen LogP contribution in [0, 0.1) is 12.7 Å². The van der Waals surface area contributed by atoms with Gasteiger partial charge in [0.25, 0.3) is 0 Å². The fourth-order valence-electron chi connectivity index (χ4n) is 1.93. The molecule has 0 fully saturated rings. The van der Waals surface area contributed by atoms with Gasteiger partial charge in [0, 0.05) is 0 Å². The number of halogens is 3. The van der Waals surface area contributed by atoms with Gasteiger partial charge in [-0.05, 0) is 36.8 Å². The van der Waals surface area contributed by atoms with Crippen molar-refractivity contribution in [1.29, 1.82) is 0 Å². The Morgan fingerprint density at radius 2 is 1.57 bits per heavy atom. The normalized spacial score (nSPS) is 10.9. The zero-order valence-electron chi connectivity index (χ0n) is 10.9. The largest absolute Gasteiger partial charge is 0.458 e. The third-order valence-electron chi connectivity index (χ3n) is 2.91. The number of aromatic nitrogens is 2. The summed E-state index contributed by atoms with van der Waals surface area (Å²) in [5, 5.41) is 0.372. The molecule has 0 aliphatic rings. The number of benzene rings is 1. The van der Waals surface area contributed by atoms with Crippen LogP contribution >= 0.6 is 23.2 Å². The van der Waals surface area contributed by atoms with Crippen molar-refractivity contribution in [3.05, 3.63) is 58.3 Å². The van der Waals surface area contributed by atoms with Gasteiger partial charge in [-0.25, -0.2) is 14.4 Å². The number of aryl methyl sites for hydroxylation is 1. The van der Waals surface area contributed by atoms with Crippen LogP contribution in [0.25, 0.3) is 22.7 Å². The van der Waals surface area contributed by atoms with Crippen molar-refractivity contribution in [2.45, 2.75) is 6.92 Å². The average Bonchev–Trinajstić information content (AvgIpc) is 2.87. The van der Waals surface area contributed by atoms with E-state index in [0.717, 1.165) is 5.76 Å². The van der Waals surface area contributed by atoms with Crippen LogP contribution in [0.4, 0.5) is 4.39 Å². The summed E-state index contributed by atoms with van der Waals surface area (Å²) in [5.74, 6) is 1.20. The lowest BCUT2D eigenvalue weighted by molar-refractivity contribution is 0.544. The van der Waals surface area contributed by atoms with Crippen molar-refractivity contribution in [1.82, 2.24) is 9.97 Å². The van der Waals surface area contributed by atoms with Gasteiger partial charge in [-0.2, -0.15) is 0 Å². The molecule has 0 bridgehead atoms. The lowest BCUT2D eigenvalue weighted by Gasteiger charge is -2.07. The van der Waals surface area contributed by atoms with Crippen LogP contribution in [-0.4, -0.2) is 9.97 Å². The number of hydrogen-bond donors (Lipinski definition) is 0. The Kier molecular flexibility index (Phi) is 3.66. The SMILES string of the molecule is Cc1ccc(-c2nc(Cl)c(-c3ccc(F)cc3)c(Cl)n2)o1. The molecule has 3 nitrogen and oxygen atoms in total. The molecule has 6 heteroatoms. The molecule has 0 radical (unpaired) electrons. The molecule has 0 amide bonds. The Morgan fingerprint density at radius 3 is 2.10 bits per heavy atom. The molecule has 0 spiro atoms. The summed E-state index contributed by atoms with van der Waals surface area (Å²) < 4.78 is 18.4. The summed E-state index contributed by atoms with van der Waals surface area (Å²) in [6.07, 6.45) is 0. The predicted octanol–water partition coefficient (Wildman–Crippen LogP) is 5.16. The highest BCUT2D eigenvalue weighted by molar-refractivity contribution is 6.37. The van der Waals surface area contributed by atoms with Gasteiger partial charge in [-0.1, -0.05) is 35.3 Å². The molecule has 21 heavy (non-hydrogen) atoms. The van der Waals surface area contributed by atoms with Crippen LogP contribution in [0.5, 0.6) is 0 Å². The van der Waals surface area contributed by atoms with Gasteiger partial charge in [0.1, 0.15) is 21.9 Å². The van der Waals surface area contributed by atoms with Gasteiger partial charge in [-0.15, -0.1) is 0 Å².